The Bertz CT molecular complexity index is 1040. The first-order valence-electron chi connectivity index (χ1n) is 9.81. The van der Waals surface area contributed by atoms with Crippen LogP contribution in [0.15, 0.2) is 9.40 Å². The molecule has 2 saturated heterocycles. The molecule has 2 unspecified atom stereocenters. The fourth-order valence-electron chi connectivity index (χ4n) is 4.26. The van der Waals surface area contributed by atoms with Gasteiger partial charge in [-0.25, -0.2) is 4.79 Å². The summed E-state index contributed by atoms with van der Waals surface area (Å²) < 4.78 is 21.7. The van der Waals surface area contributed by atoms with Crippen molar-refractivity contribution in [3.8, 4) is 0 Å². The lowest BCUT2D eigenvalue weighted by Crippen LogP contribution is -2.63. The predicted octanol–water partition coefficient (Wildman–Crippen LogP) is 3.25. The summed E-state index contributed by atoms with van der Waals surface area (Å²) in [5, 5.41) is 4.24. The van der Waals surface area contributed by atoms with Gasteiger partial charge in [0.1, 0.15) is 15.6 Å². The van der Waals surface area contributed by atoms with Crippen LogP contribution in [0.5, 0.6) is 0 Å². The number of likely N-dealkylation sites (tertiary alicyclic amines) is 1. The van der Waals surface area contributed by atoms with Crippen LogP contribution < -0.4 is 10.5 Å². The number of halogens is 2. The summed E-state index contributed by atoms with van der Waals surface area (Å²) in [6.45, 7) is 6.52. The molecule has 12 heteroatoms. The molecule has 2 aliphatic rings. The van der Waals surface area contributed by atoms with Crippen LogP contribution in [0.1, 0.15) is 40.0 Å². The molecule has 30 heavy (non-hydrogen) atoms. The van der Waals surface area contributed by atoms with Gasteiger partial charge < -0.3 is 14.5 Å². The van der Waals surface area contributed by atoms with Gasteiger partial charge in [0.15, 0.2) is 18.0 Å². The van der Waals surface area contributed by atoms with E-state index in [9.17, 15) is 13.5 Å². The minimum atomic E-state index is -0.560. The lowest BCUT2D eigenvalue weighted by atomic mass is 9.91. The lowest BCUT2D eigenvalue weighted by molar-refractivity contribution is 0.0153. The van der Waals surface area contributed by atoms with E-state index in [0.29, 0.717) is 19.0 Å². The van der Waals surface area contributed by atoms with E-state index in [1.807, 2.05) is 20.8 Å². The maximum atomic E-state index is 13.4. The van der Waals surface area contributed by atoms with Crippen molar-refractivity contribution in [1.29, 1.82) is 0 Å². The number of carbonyl (C=O) groups is 1. The Labute approximate surface area is 186 Å². The summed E-state index contributed by atoms with van der Waals surface area (Å²) in [5.74, 6) is 0.466. The van der Waals surface area contributed by atoms with Gasteiger partial charge in [0.2, 0.25) is 5.95 Å². The molecule has 4 heterocycles. The molecule has 0 aromatic carbocycles. The second-order valence-corrected chi connectivity index (χ2v) is 9.97. The van der Waals surface area contributed by atoms with E-state index in [1.165, 1.54) is 4.57 Å². The van der Waals surface area contributed by atoms with E-state index in [0.717, 1.165) is 23.3 Å². The molecule has 9 nitrogen and oxygen atoms in total. The number of hydrogen-bond acceptors (Lipinski definition) is 7. The summed E-state index contributed by atoms with van der Waals surface area (Å²) in [6, 6.07) is -0.00294. The lowest BCUT2D eigenvalue weighted by Gasteiger charge is -2.50. The highest BCUT2D eigenvalue weighted by Gasteiger charge is 2.42. The average Bonchev–Trinajstić information content (AvgIpc) is 2.98. The Balaban J connectivity index is 1.71. The van der Waals surface area contributed by atoms with E-state index in [-0.39, 0.29) is 51.7 Å². The zero-order chi connectivity index (χ0) is 21.8. The number of ether oxygens (including phenoxy) is 1. The van der Waals surface area contributed by atoms with E-state index >= 15 is 0 Å². The zero-order valence-electron chi connectivity index (χ0n) is 17.3. The molecule has 4 rings (SSSR count). The molecule has 164 valence electrons. The largest absolute Gasteiger partial charge is 0.444 e. The fourth-order valence-corrected chi connectivity index (χ4v) is 5.18. The summed E-state index contributed by atoms with van der Waals surface area (Å²) in [4.78, 5) is 34.1. The number of amides is 1. The highest BCUT2D eigenvalue weighted by Crippen LogP contribution is 2.34. The molecule has 2 aromatic rings. The molecule has 2 aliphatic heterocycles. The van der Waals surface area contributed by atoms with Crippen molar-refractivity contribution in [2.75, 3.05) is 18.0 Å². The number of piperazine rings is 1. The third kappa shape index (κ3) is 3.68. The summed E-state index contributed by atoms with van der Waals surface area (Å²) in [7, 11) is 1.66. The first-order valence-corrected chi connectivity index (χ1v) is 11.3. The first kappa shape index (κ1) is 21.4. The third-order valence-corrected chi connectivity index (χ3v) is 6.43. The van der Waals surface area contributed by atoms with Crippen molar-refractivity contribution in [2.45, 2.75) is 57.7 Å². The Morgan fingerprint density at radius 2 is 1.90 bits per heavy atom. The van der Waals surface area contributed by atoms with Crippen LogP contribution in [-0.2, 0) is 11.8 Å². The van der Waals surface area contributed by atoms with Crippen molar-refractivity contribution in [1.82, 2.24) is 23.6 Å². The number of rotatable bonds is 2. The number of nitrogens with zero attached hydrogens (tertiary/aromatic N) is 6. The zero-order valence-corrected chi connectivity index (χ0v) is 19.7. The maximum absolute atomic E-state index is 13.4. The SMILES string of the molecule is Cn1c(N2C3CCCC2CN(C(=O)OC(C)(C)C)C3)nc2c(c(Br)nn2SF)c1=O. The second kappa shape index (κ2) is 7.70. The van der Waals surface area contributed by atoms with Gasteiger partial charge in [0.05, 0.1) is 0 Å². The molecule has 0 radical (unpaired) electrons. The molecular formula is C18H24BrFN6O3S. The van der Waals surface area contributed by atoms with Crippen LogP contribution in [0.3, 0.4) is 0 Å². The second-order valence-electron chi connectivity index (χ2n) is 8.74. The van der Waals surface area contributed by atoms with Crippen LogP contribution in [0.4, 0.5) is 14.6 Å². The topological polar surface area (TPSA) is 85.5 Å². The van der Waals surface area contributed by atoms with E-state index in [1.54, 1.807) is 11.9 Å². The van der Waals surface area contributed by atoms with Gasteiger partial charge >= 0.3 is 6.09 Å². The van der Waals surface area contributed by atoms with Gasteiger partial charge in [-0.05, 0) is 56.0 Å². The van der Waals surface area contributed by atoms with Crippen LogP contribution in [0, 0.1) is 0 Å². The van der Waals surface area contributed by atoms with Crippen molar-refractivity contribution < 1.29 is 13.4 Å². The van der Waals surface area contributed by atoms with Crippen molar-refractivity contribution in [3.05, 3.63) is 15.0 Å². The minimum Gasteiger partial charge on any atom is -0.444 e. The number of piperidine rings is 1. The van der Waals surface area contributed by atoms with Gasteiger partial charge in [-0.1, -0.05) is 0 Å². The monoisotopic (exact) mass is 502 g/mol. The van der Waals surface area contributed by atoms with Gasteiger partial charge in [-0.3, -0.25) is 9.36 Å². The quantitative estimate of drug-likeness (QED) is 0.622. The van der Waals surface area contributed by atoms with Crippen LogP contribution >= 0.6 is 28.3 Å². The van der Waals surface area contributed by atoms with E-state index in [2.05, 4.69) is 30.9 Å². The van der Waals surface area contributed by atoms with Crippen molar-refractivity contribution >= 4 is 51.3 Å². The summed E-state index contributed by atoms with van der Waals surface area (Å²) in [5.41, 5.74) is -0.676. The highest BCUT2D eigenvalue weighted by molar-refractivity contribution is 9.10. The van der Waals surface area contributed by atoms with Gasteiger partial charge in [0, 0.05) is 32.2 Å². The summed E-state index contributed by atoms with van der Waals surface area (Å²) in [6.07, 6.45) is 2.44. The van der Waals surface area contributed by atoms with Gasteiger partial charge in [-0.2, -0.15) is 9.07 Å². The van der Waals surface area contributed by atoms with Crippen LogP contribution in [0.2, 0.25) is 0 Å². The molecule has 2 atom stereocenters. The number of carbonyl (C=O) groups excluding carboxylic acids is 1. The standard InChI is InChI=1S/C18H24BrFN6O3S/c1-18(2,3)29-17(28)24-8-10-6-5-7-11(9-24)25(10)16-21-14-12(15(27)23(16)4)13(19)22-26(14)30-20/h10-11H,5-9H2,1-4H3. The maximum Gasteiger partial charge on any atom is 0.410 e. The fraction of sp³-hybridized carbons (Fsp3) is 0.667. The predicted molar refractivity (Wildman–Crippen MR) is 116 cm³/mol. The molecule has 2 fully saturated rings. The third-order valence-electron chi connectivity index (χ3n) is 5.49. The molecule has 0 spiro atoms. The number of hydrogen-bond donors (Lipinski definition) is 0. The Morgan fingerprint density at radius 1 is 1.27 bits per heavy atom. The number of fused-ring (bicyclic) bond motifs is 3. The number of aromatic nitrogens is 4. The molecule has 0 aliphatic carbocycles. The highest BCUT2D eigenvalue weighted by atomic mass is 79.9. The summed E-state index contributed by atoms with van der Waals surface area (Å²) >= 11 is 3.12. The van der Waals surface area contributed by atoms with Gasteiger partial charge in [0.25, 0.3) is 5.56 Å². The molecule has 0 N–H and O–H groups in total. The van der Waals surface area contributed by atoms with Crippen molar-refractivity contribution in [2.24, 2.45) is 7.05 Å². The Morgan fingerprint density at radius 3 is 2.47 bits per heavy atom. The van der Waals surface area contributed by atoms with E-state index in [4.69, 9.17) is 4.74 Å². The first-order chi connectivity index (χ1) is 14.1. The average molecular weight is 503 g/mol. The van der Waals surface area contributed by atoms with E-state index < -0.39 is 5.60 Å². The molecular weight excluding hydrogens is 479 g/mol. The molecule has 0 saturated carbocycles. The normalized spacial score (nSPS) is 21.9. The Kier molecular flexibility index (Phi) is 5.50. The van der Waals surface area contributed by atoms with Gasteiger partial charge in [-0.15, -0.1) is 8.98 Å². The van der Waals surface area contributed by atoms with Crippen LogP contribution in [-0.4, -0.2) is 60.5 Å². The molecule has 2 bridgehead atoms. The molecule has 2 aromatic heterocycles. The molecule has 1 amide bonds. The Hall–Kier alpha value is -1.82. The smallest absolute Gasteiger partial charge is 0.410 e. The number of anilines is 1. The minimum absolute atomic E-state index is 0.00147. The van der Waals surface area contributed by atoms with Crippen LogP contribution in [0.25, 0.3) is 11.0 Å². The van der Waals surface area contributed by atoms with Crippen molar-refractivity contribution in [3.63, 3.8) is 0 Å².